The zero-order chi connectivity index (χ0) is 8.74. The predicted octanol–water partition coefficient (Wildman–Crippen LogP) is 2.55. The van der Waals surface area contributed by atoms with Crippen LogP contribution < -0.4 is 0 Å². The first-order valence-electron chi connectivity index (χ1n) is 3.35. The lowest BCUT2D eigenvalue weighted by atomic mass is 10.6. The molecule has 2 nitrogen and oxygen atoms in total. The van der Waals surface area contributed by atoms with Gasteiger partial charge in [-0.1, -0.05) is 24.4 Å². The van der Waals surface area contributed by atoms with Crippen LogP contribution in [0.5, 0.6) is 0 Å². The van der Waals surface area contributed by atoms with E-state index < -0.39 is 5.69 Å². The van der Waals surface area contributed by atoms with Gasteiger partial charge in [0, 0.05) is 5.75 Å². The molecule has 0 bridgehead atoms. The van der Waals surface area contributed by atoms with E-state index in [2.05, 4.69) is 6.58 Å². The topological polar surface area (TPSA) is 29.5 Å². The second-order valence-electron chi connectivity index (χ2n) is 1.89. The molecule has 1 unspecified atom stereocenters. The van der Waals surface area contributed by atoms with Gasteiger partial charge in [0.15, 0.2) is 0 Å². The Morgan fingerprint density at radius 2 is 2.45 bits per heavy atom. The van der Waals surface area contributed by atoms with Crippen LogP contribution in [0.25, 0.3) is 0 Å². The van der Waals surface area contributed by atoms with E-state index in [1.807, 2.05) is 6.92 Å². The Bertz CT molecular complexity index is 161. The molecule has 0 saturated carbocycles. The average Bonchev–Trinajstić information content (AvgIpc) is 1.97. The molecule has 0 spiro atoms. The molecule has 1 N–H and O–H groups in total. The van der Waals surface area contributed by atoms with Gasteiger partial charge in [-0.15, -0.1) is 6.58 Å². The molecule has 0 aliphatic carbocycles. The summed E-state index contributed by atoms with van der Waals surface area (Å²) in [5, 5.41) is 0. The van der Waals surface area contributed by atoms with Crippen molar-refractivity contribution in [3.8, 4) is 0 Å². The van der Waals surface area contributed by atoms with Gasteiger partial charge in [-0.05, 0) is 18.2 Å². The minimum absolute atomic E-state index is 0.338. The quantitative estimate of drug-likeness (QED) is 0.541. The third-order valence-corrected chi connectivity index (χ3v) is 5.31. The summed E-state index contributed by atoms with van der Waals surface area (Å²) in [6, 6.07) is 0. The molecule has 0 aromatic heterocycles. The van der Waals surface area contributed by atoms with Crippen LogP contribution in [0.3, 0.4) is 0 Å². The Labute approximate surface area is 76.9 Å². The van der Waals surface area contributed by atoms with Crippen molar-refractivity contribution in [2.45, 2.75) is 13.3 Å². The third-order valence-electron chi connectivity index (χ3n) is 0.814. The van der Waals surface area contributed by atoms with Gasteiger partial charge < -0.3 is 9.42 Å². The van der Waals surface area contributed by atoms with Crippen LogP contribution in [-0.4, -0.2) is 17.3 Å². The summed E-state index contributed by atoms with van der Waals surface area (Å²) >= 11 is 6.16. The summed E-state index contributed by atoms with van der Waals surface area (Å²) in [5.74, 6) is 0.852. The standard InChI is InChI=1S/C6H13O2PS2/c1-3-5-8-9(7,10)11-6-4-2/h3H,1,4-6H2,2H3,(H,7,10). The van der Waals surface area contributed by atoms with Crippen molar-refractivity contribution in [3.63, 3.8) is 0 Å². The van der Waals surface area contributed by atoms with E-state index in [9.17, 15) is 4.89 Å². The minimum Gasteiger partial charge on any atom is -0.337 e. The highest BCUT2D eigenvalue weighted by Gasteiger charge is 2.11. The van der Waals surface area contributed by atoms with E-state index in [4.69, 9.17) is 16.3 Å². The highest BCUT2D eigenvalue weighted by atomic mass is 32.9. The fraction of sp³-hybridized carbons (Fsp3) is 0.667. The molecule has 0 saturated heterocycles. The molecule has 0 aromatic carbocycles. The molecule has 5 heteroatoms. The molecular weight excluding hydrogens is 199 g/mol. The Balaban J connectivity index is 3.61. The maximum absolute atomic E-state index is 9.40. The van der Waals surface area contributed by atoms with Crippen molar-refractivity contribution < 1.29 is 9.42 Å². The van der Waals surface area contributed by atoms with Gasteiger partial charge in [-0.2, -0.15) is 0 Å². The molecule has 11 heavy (non-hydrogen) atoms. The van der Waals surface area contributed by atoms with Crippen LogP contribution in [0.4, 0.5) is 0 Å². The van der Waals surface area contributed by atoms with E-state index in [1.54, 1.807) is 6.08 Å². The summed E-state index contributed by atoms with van der Waals surface area (Å²) in [7, 11) is 0. The lowest BCUT2D eigenvalue weighted by molar-refractivity contribution is 0.361. The van der Waals surface area contributed by atoms with Gasteiger partial charge in [0.1, 0.15) is 0 Å². The van der Waals surface area contributed by atoms with Crippen molar-refractivity contribution in [3.05, 3.63) is 12.7 Å². The van der Waals surface area contributed by atoms with Crippen LogP contribution in [0, 0.1) is 0 Å². The first kappa shape index (κ1) is 11.7. The van der Waals surface area contributed by atoms with Gasteiger partial charge >= 0.3 is 0 Å². The Kier molecular flexibility index (Phi) is 6.58. The molecule has 0 aliphatic rings. The Hall–Kier alpha value is 0.660. The minimum atomic E-state index is -2.55. The summed E-state index contributed by atoms with van der Waals surface area (Å²) in [6.45, 7) is 5.85. The first-order valence-corrected chi connectivity index (χ1v) is 7.61. The number of hydrogen-bond acceptors (Lipinski definition) is 3. The predicted molar refractivity (Wildman–Crippen MR) is 55.4 cm³/mol. The van der Waals surface area contributed by atoms with Crippen LogP contribution in [0.2, 0.25) is 0 Å². The fourth-order valence-electron chi connectivity index (χ4n) is 0.391. The van der Waals surface area contributed by atoms with Crippen molar-refractivity contribution in [2.75, 3.05) is 12.4 Å². The van der Waals surface area contributed by atoms with Crippen LogP contribution in [-0.2, 0) is 16.3 Å². The summed E-state index contributed by atoms with van der Waals surface area (Å²) in [4.78, 5) is 9.40. The lowest BCUT2D eigenvalue weighted by Crippen LogP contribution is -1.86. The highest BCUT2D eigenvalue weighted by molar-refractivity contribution is 8.67. The lowest BCUT2D eigenvalue weighted by Gasteiger charge is -2.12. The Morgan fingerprint density at radius 3 is 2.91 bits per heavy atom. The molecule has 0 fully saturated rings. The van der Waals surface area contributed by atoms with E-state index >= 15 is 0 Å². The van der Waals surface area contributed by atoms with Crippen LogP contribution >= 0.6 is 17.1 Å². The highest BCUT2D eigenvalue weighted by Crippen LogP contribution is 2.55. The van der Waals surface area contributed by atoms with Crippen LogP contribution in [0.1, 0.15) is 13.3 Å². The normalized spacial score (nSPS) is 15.8. The second kappa shape index (κ2) is 6.21. The molecule has 66 valence electrons. The van der Waals surface area contributed by atoms with Gasteiger partial charge in [-0.3, -0.25) is 0 Å². The van der Waals surface area contributed by atoms with E-state index in [-0.39, 0.29) is 0 Å². The zero-order valence-electron chi connectivity index (χ0n) is 6.52. The van der Waals surface area contributed by atoms with Crippen molar-refractivity contribution in [1.29, 1.82) is 0 Å². The van der Waals surface area contributed by atoms with Crippen LogP contribution in [0.15, 0.2) is 12.7 Å². The average molecular weight is 212 g/mol. The largest absolute Gasteiger partial charge is 0.337 e. The van der Waals surface area contributed by atoms with E-state index in [1.165, 1.54) is 11.4 Å². The molecule has 0 rings (SSSR count). The smallest absolute Gasteiger partial charge is 0.245 e. The molecule has 0 heterocycles. The van der Waals surface area contributed by atoms with Gasteiger partial charge in [0.05, 0.1) is 6.61 Å². The SMILES string of the molecule is C=CCOP(O)(=S)SCCC. The fourth-order valence-corrected chi connectivity index (χ4v) is 3.67. The monoisotopic (exact) mass is 212 g/mol. The summed E-state index contributed by atoms with van der Waals surface area (Å²) < 4.78 is 5.01. The molecule has 0 radical (unpaired) electrons. The molecule has 1 atom stereocenters. The molecule has 0 aliphatic heterocycles. The molecular formula is C6H13O2PS2. The third kappa shape index (κ3) is 7.04. The first-order chi connectivity index (χ1) is 5.12. The second-order valence-corrected chi connectivity index (χ2v) is 8.19. The van der Waals surface area contributed by atoms with Gasteiger partial charge in [0.25, 0.3) is 0 Å². The zero-order valence-corrected chi connectivity index (χ0v) is 9.05. The summed E-state index contributed by atoms with van der Waals surface area (Å²) in [6.07, 6.45) is 2.59. The van der Waals surface area contributed by atoms with Crippen molar-refractivity contribution >= 4 is 28.9 Å². The number of hydrogen-bond donors (Lipinski definition) is 1. The van der Waals surface area contributed by atoms with E-state index in [0.29, 0.717) is 6.61 Å². The van der Waals surface area contributed by atoms with Gasteiger partial charge in [0.2, 0.25) is 5.69 Å². The maximum atomic E-state index is 9.40. The van der Waals surface area contributed by atoms with Gasteiger partial charge in [-0.25, -0.2) is 0 Å². The maximum Gasteiger partial charge on any atom is 0.245 e. The number of rotatable bonds is 6. The summed E-state index contributed by atoms with van der Waals surface area (Å²) in [5.41, 5.74) is -2.55. The molecule has 0 amide bonds. The van der Waals surface area contributed by atoms with Crippen molar-refractivity contribution in [1.82, 2.24) is 0 Å². The molecule has 0 aromatic rings. The van der Waals surface area contributed by atoms with Crippen molar-refractivity contribution in [2.24, 2.45) is 0 Å². The van der Waals surface area contributed by atoms with E-state index in [0.717, 1.165) is 12.2 Å². The Morgan fingerprint density at radius 1 is 1.82 bits per heavy atom.